The van der Waals surface area contributed by atoms with Crippen LogP contribution in [0.25, 0.3) is 17.1 Å². The van der Waals surface area contributed by atoms with Crippen LogP contribution in [0.3, 0.4) is 0 Å². The van der Waals surface area contributed by atoms with Gasteiger partial charge >= 0.3 is 0 Å². The van der Waals surface area contributed by atoms with Gasteiger partial charge in [0, 0.05) is 6.20 Å². The normalized spacial score (nSPS) is 10.8. The number of aromatic nitrogens is 4. The quantitative estimate of drug-likeness (QED) is 0.487. The molecule has 0 aliphatic heterocycles. The van der Waals surface area contributed by atoms with E-state index in [-0.39, 0.29) is 0 Å². The van der Waals surface area contributed by atoms with Crippen LogP contribution in [-0.2, 0) is 0 Å². The third-order valence-electron chi connectivity index (χ3n) is 2.84. The molecule has 0 N–H and O–H groups in total. The molecule has 0 bridgehead atoms. The summed E-state index contributed by atoms with van der Waals surface area (Å²) in [5, 5.41) is 4.81. The maximum atomic E-state index is 6.11. The Morgan fingerprint density at radius 3 is 2.60 bits per heavy atom. The molecule has 0 fully saturated rings. The van der Waals surface area contributed by atoms with Crippen molar-refractivity contribution in [2.45, 2.75) is 6.92 Å². The highest BCUT2D eigenvalue weighted by Crippen LogP contribution is 2.23. The lowest BCUT2D eigenvalue weighted by Gasteiger charge is -2.03. The molecule has 2 aromatic heterocycles. The molecule has 100 valence electrons. The van der Waals surface area contributed by atoms with E-state index in [0.29, 0.717) is 11.0 Å². The molecule has 0 saturated carbocycles. The number of aryl methyl sites for hydroxylation is 1. The Kier molecular flexibility index (Phi) is 3.71. The molecule has 0 saturated heterocycles. The largest absolute Gasteiger partial charge is 0.240 e. The summed E-state index contributed by atoms with van der Waals surface area (Å²) in [6.07, 6.45) is 3.64. The van der Waals surface area contributed by atoms with Gasteiger partial charge in [0.25, 0.3) is 0 Å². The first-order valence-corrected chi connectivity index (χ1v) is 7.41. The average molecular weight is 397 g/mol. The predicted octanol–water partition coefficient (Wildman–Crippen LogP) is 3.90. The highest BCUT2D eigenvalue weighted by molar-refractivity contribution is 14.1. The van der Waals surface area contributed by atoms with E-state index in [1.54, 1.807) is 10.9 Å². The van der Waals surface area contributed by atoms with Gasteiger partial charge in [0.1, 0.15) is 5.15 Å². The molecule has 3 rings (SSSR count). The molecular formula is C14H10ClIN4. The molecule has 0 atom stereocenters. The summed E-state index contributed by atoms with van der Waals surface area (Å²) in [4.78, 5) is 8.76. The average Bonchev–Trinajstić information content (AvgIpc) is 2.95. The summed E-state index contributed by atoms with van der Waals surface area (Å²) in [6, 6.07) is 9.89. The van der Waals surface area contributed by atoms with Crippen molar-refractivity contribution in [1.29, 1.82) is 0 Å². The number of rotatable bonds is 2. The zero-order chi connectivity index (χ0) is 14.1. The number of para-hydroxylation sites is 1. The summed E-state index contributed by atoms with van der Waals surface area (Å²) < 4.78 is 2.67. The fraction of sp³-hybridized carbons (Fsp3) is 0.0714. The Morgan fingerprint density at radius 2 is 1.90 bits per heavy atom. The van der Waals surface area contributed by atoms with Crippen molar-refractivity contribution in [3.63, 3.8) is 0 Å². The fourth-order valence-corrected chi connectivity index (χ4v) is 2.27. The Morgan fingerprint density at radius 1 is 1.15 bits per heavy atom. The van der Waals surface area contributed by atoms with Crippen molar-refractivity contribution >= 4 is 34.2 Å². The molecule has 2 heterocycles. The lowest BCUT2D eigenvalue weighted by atomic mass is 10.3. The number of hydrogen-bond acceptors (Lipinski definition) is 3. The molecule has 0 aliphatic rings. The Hall–Kier alpha value is -1.47. The minimum absolute atomic E-state index is 0.473. The van der Waals surface area contributed by atoms with Crippen LogP contribution in [0.2, 0.25) is 5.15 Å². The van der Waals surface area contributed by atoms with Crippen LogP contribution in [0, 0.1) is 10.5 Å². The lowest BCUT2D eigenvalue weighted by Crippen LogP contribution is -1.96. The van der Waals surface area contributed by atoms with Crippen LogP contribution in [0.5, 0.6) is 0 Å². The van der Waals surface area contributed by atoms with E-state index >= 15 is 0 Å². The number of nitrogens with zero attached hydrogens (tertiary/aromatic N) is 4. The first-order valence-electron chi connectivity index (χ1n) is 5.95. The number of halogens is 2. The van der Waals surface area contributed by atoms with Crippen LogP contribution >= 0.6 is 34.2 Å². The molecule has 6 heteroatoms. The lowest BCUT2D eigenvalue weighted by molar-refractivity contribution is 0.880. The Balaban J connectivity index is 2.03. The summed E-state index contributed by atoms with van der Waals surface area (Å²) in [5.74, 6) is 0.593. The van der Waals surface area contributed by atoms with Gasteiger partial charge in [-0.3, -0.25) is 0 Å². The summed E-state index contributed by atoms with van der Waals surface area (Å²) >= 11 is 8.25. The van der Waals surface area contributed by atoms with Gasteiger partial charge < -0.3 is 0 Å². The van der Waals surface area contributed by atoms with Gasteiger partial charge in [0.2, 0.25) is 0 Å². The van der Waals surface area contributed by atoms with Crippen molar-refractivity contribution in [3.05, 3.63) is 57.1 Å². The minimum atomic E-state index is 0.473. The van der Waals surface area contributed by atoms with E-state index in [1.165, 1.54) is 0 Å². The third-order valence-corrected chi connectivity index (χ3v) is 4.72. The van der Waals surface area contributed by atoms with E-state index in [0.717, 1.165) is 20.5 Å². The maximum Gasteiger partial charge on any atom is 0.164 e. The fourth-order valence-electron chi connectivity index (χ4n) is 1.81. The van der Waals surface area contributed by atoms with Crippen LogP contribution in [-0.4, -0.2) is 19.7 Å². The molecule has 3 aromatic rings. The number of hydrogen-bond donors (Lipinski definition) is 0. The van der Waals surface area contributed by atoms with Gasteiger partial charge in [-0.2, -0.15) is 5.10 Å². The molecule has 0 amide bonds. The SMILES string of the molecule is Cc1nc(-c2cnn(-c3ccccc3)c2)nc(Cl)c1I. The highest BCUT2D eigenvalue weighted by atomic mass is 127. The van der Waals surface area contributed by atoms with Crippen LogP contribution in [0.15, 0.2) is 42.7 Å². The molecule has 4 nitrogen and oxygen atoms in total. The molecule has 20 heavy (non-hydrogen) atoms. The number of benzene rings is 1. The zero-order valence-corrected chi connectivity index (χ0v) is 13.5. The second-order valence-electron chi connectivity index (χ2n) is 4.25. The molecular weight excluding hydrogens is 387 g/mol. The third kappa shape index (κ3) is 2.55. The van der Waals surface area contributed by atoms with Crippen molar-refractivity contribution in [1.82, 2.24) is 19.7 Å². The van der Waals surface area contributed by atoms with E-state index in [4.69, 9.17) is 11.6 Å². The van der Waals surface area contributed by atoms with Crippen molar-refractivity contribution in [3.8, 4) is 17.1 Å². The maximum absolute atomic E-state index is 6.11. The topological polar surface area (TPSA) is 43.6 Å². The molecule has 0 radical (unpaired) electrons. The van der Waals surface area contributed by atoms with Crippen LogP contribution in [0.4, 0.5) is 0 Å². The van der Waals surface area contributed by atoms with Crippen LogP contribution in [0.1, 0.15) is 5.69 Å². The highest BCUT2D eigenvalue weighted by Gasteiger charge is 2.11. The summed E-state index contributed by atoms with van der Waals surface area (Å²) in [5.41, 5.74) is 2.70. The minimum Gasteiger partial charge on any atom is -0.240 e. The van der Waals surface area contributed by atoms with Gasteiger partial charge in [0.05, 0.1) is 26.7 Å². The van der Waals surface area contributed by atoms with E-state index in [2.05, 4.69) is 37.7 Å². The van der Waals surface area contributed by atoms with E-state index < -0.39 is 0 Å². The Bertz CT molecular complexity index is 732. The van der Waals surface area contributed by atoms with Gasteiger partial charge in [-0.15, -0.1) is 0 Å². The van der Waals surface area contributed by atoms with Crippen LogP contribution < -0.4 is 0 Å². The Labute approximate surface area is 135 Å². The van der Waals surface area contributed by atoms with Gasteiger partial charge in [-0.05, 0) is 41.6 Å². The standard InChI is InChI=1S/C14H10ClIN4/c1-9-12(16)13(15)19-14(18-9)10-7-17-20(8-10)11-5-3-2-4-6-11/h2-8H,1H3. The first kappa shape index (κ1) is 13.5. The van der Waals surface area contributed by atoms with Crippen molar-refractivity contribution < 1.29 is 0 Å². The molecule has 0 unspecified atom stereocenters. The molecule has 0 aliphatic carbocycles. The second kappa shape index (κ2) is 5.49. The van der Waals surface area contributed by atoms with Crippen molar-refractivity contribution in [2.24, 2.45) is 0 Å². The van der Waals surface area contributed by atoms with E-state index in [9.17, 15) is 0 Å². The molecule has 0 spiro atoms. The predicted molar refractivity (Wildman–Crippen MR) is 87.1 cm³/mol. The first-order chi connectivity index (χ1) is 9.65. The van der Waals surface area contributed by atoms with Gasteiger partial charge in [-0.25, -0.2) is 14.6 Å². The second-order valence-corrected chi connectivity index (χ2v) is 5.68. The molecule has 1 aromatic carbocycles. The zero-order valence-electron chi connectivity index (χ0n) is 10.6. The van der Waals surface area contributed by atoms with Gasteiger partial charge in [0.15, 0.2) is 5.82 Å². The summed E-state index contributed by atoms with van der Waals surface area (Å²) in [7, 11) is 0. The smallest absolute Gasteiger partial charge is 0.164 e. The monoisotopic (exact) mass is 396 g/mol. The summed E-state index contributed by atoms with van der Waals surface area (Å²) in [6.45, 7) is 1.92. The van der Waals surface area contributed by atoms with E-state index in [1.807, 2.05) is 43.5 Å². The van der Waals surface area contributed by atoms with Crippen molar-refractivity contribution in [2.75, 3.05) is 0 Å². The van der Waals surface area contributed by atoms with Gasteiger partial charge in [-0.1, -0.05) is 29.8 Å².